The third-order valence-corrected chi connectivity index (χ3v) is 3.58. The van der Waals surface area contributed by atoms with Gasteiger partial charge in [0, 0.05) is 5.69 Å². The smallest absolute Gasteiger partial charge is 0.337 e. The molecule has 0 saturated heterocycles. The second-order valence-corrected chi connectivity index (χ2v) is 5.52. The Bertz CT molecular complexity index is 739. The Hall–Kier alpha value is -3.02. The molecule has 6 heteroatoms. The Balaban J connectivity index is 1.80. The number of methoxy groups -OCH3 is 1. The quantitative estimate of drug-likeness (QED) is 0.624. The van der Waals surface area contributed by atoms with Crippen LogP contribution in [0.4, 0.5) is 10.5 Å². The lowest BCUT2D eigenvalue weighted by atomic mass is 10.1. The van der Waals surface area contributed by atoms with Crippen LogP contribution in [0.3, 0.4) is 0 Å². The molecule has 0 aliphatic rings. The van der Waals surface area contributed by atoms with E-state index < -0.39 is 5.97 Å². The SMILES string of the molecule is COC(=O)c1cccc(NC(=O)NCCOc2c(C)cccc2C)c1. The van der Waals surface area contributed by atoms with Crippen molar-refractivity contribution in [3.05, 3.63) is 59.2 Å². The molecule has 0 bridgehead atoms. The number of para-hydroxylation sites is 1. The van der Waals surface area contributed by atoms with Crippen molar-refractivity contribution in [1.82, 2.24) is 5.32 Å². The van der Waals surface area contributed by atoms with E-state index in [4.69, 9.17) is 4.74 Å². The minimum Gasteiger partial charge on any atom is -0.491 e. The second kappa shape index (κ2) is 8.73. The number of anilines is 1. The molecule has 0 fully saturated rings. The molecule has 0 spiro atoms. The van der Waals surface area contributed by atoms with E-state index in [9.17, 15) is 9.59 Å². The average molecular weight is 342 g/mol. The molecule has 0 aliphatic carbocycles. The zero-order chi connectivity index (χ0) is 18.2. The standard InChI is InChI=1S/C19H22N2O4/c1-13-6-4-7-14(2)17(13)25-11-10-20-19(23)21-16-9-5-8-15(12-16)18(22)24-3/h4-9,12H,10-11H2,1-3H3,(H2,20,21,23). The molecule has 6 nitrogen and oxygen atoms in total. The molecule has 25 heavy (non-hydrogen) atoms. The van der Waals surface area contributed by atoms with Gasteiger partial charge in [0.15, 0.2) is 0 Å². The fourth-order valence-electron chi connectivity index (χ4n) is 2.36. The number of urea groups is 1. The Kier molecular flexibility index (Phi) is 6.39. The molecule has 2 rings (SSSR count). The zero-order valence-electron chi connectivity index (χ0n) is 14.6. The minimum absolute atomic E-state index is 0.357. The zero-order valence-corrected chi connectivity index (χ0v) is 14.6. The van der Waals surface area contributed by atoms with Crippen LogP contribution in [0.1, 0.15) is 21.5 Å². The highest BCUT2D eigenvalue weighted by atomic mass is 16.5. The number of carbonyl (C=O) groups is 2. The van der Waals surface area contributed by atoms with Crippen molar-refractivity contribution in [3.63, 3.8) is 0 Å². The van der Waals surface area contributed by atoms with Crippen LogP contribution in [0.5, 0.6) is 5.75 Å². The van der Waals surface area contributed by atoms with Crippen molar-refractivity contribution in [2.24, 2.45) is 0 Å². The van der Waals surface area contributed by atoms with Crippen LogP contribution in [-0.2, 0) is 4.74 Å². The van der Waals surface area contributed by atoms with Crippen molar-refractivity contribution in [2.75, 3.05) is 25.6 Å². The highest BCUT2D eigenvalue weighted by Crippen LogP contribution is 2.21. The summed E-state index contributed by atoms with van der Waals surface area (Å²) >= 11 is 0. The van der Waals surface area contributed by atoms with E-state index in [-0.39, 0.29) is 6.03 Å². The van der Waals surface area contributed by atoms with Gasteiger partial charge in [0.05, 0.1) is 19.2 Å². The molecule has 0 aromatic heterocycles. The molecular weight excluding hydrogens is 320 g/mol. The molecule has 0 unspecified atom stereocenters. The van der Waals surface area contributed by atoms with Gasteiger partial charge in [-0.1, -0.05) is 24.3 Å². The summed E-state index contributed by atoms with van der Waals surface area (Å²) in [5, 5.41) is 5.38. The maximum atomic E-state index is 11.9. The van der Waals surface area contributed by atoms with Gasteiger partial charge in [-0.2, -0.15) is 0 Å². The van der Waals surface area contributed by atoms with Gasteiger partial charge in [0.1, 0.15) is 12.4 Å². The monoisotopic (exact) mass is 342 g/mol. The van der Waals surface area contributed by atoms with E-state index in [0.29, 0.717) is 24.4 Å². The van der Waals surface area contributed by atoms with Gasteiger partial charge in [0.2, 0.25) is 0 Å². The molecule has 2 N–H and O–H groups in total. The van der Waals surface area contributed by atoms with E-state index in [2.05, 4.69) is 15.4 Å². The van der Waals surface area contributed by atoms with Crippen molar-refractivity contribution in [2.45, 2.75) is 13.8 Å². The molecule has 0 aliphatic heterocycles. The summed E-state index contributed by atoms with van der Waals surface area (Å²) in [6, 6.07) is 12.1. The highest BCUT2D eigenvalue weighted by Gasteiger charge is 2.08. The molecule has 132 valence electrons. The first kappa shape index (κ1) is 18.3. The Morgan fingerprint density at radius 2 is 1.72 bits per heavy atom. The van der Waals surface area contributed by atoms with Crippen LogP contribution < -0.4 is 15.4 Å². The van der Waals surface area contributed by atoms with E-state index in [1.54, 1.807) is 24.3 Å². The predicted octanol–water partition coefficient (Wildman–Crippen LogP) is 3.29. The maximum absolute atomic E-state index is 11.9. The van der Waals surface area contributed by atoms with Gasteiger partial charge in [0.25, 0.3) is 0 Å². The fraction of sp³-hybridized carbons (Fsp3) is 0.263. The predicted molar refractivity (Wildman–Crippen MR) is 96.2 cm³/mol. The number of hydrogen-bond donors (Lipinski definition) is 2. The Labute approximate surface area is 147 Å². The largest absolute Gasteiger partial charge is 0.491 e. The minimum atomic E-state index is -0.453. The van der Waals surface area contributed by atoms with Gasteiger partial charge in [-0.15, -0.1) is 0 Å². The molecule has 0 heterocycles. The molecule has 2 aromatic rings. The lowest BCUT2D eigenvalue weighted by molar-refractivity contribution is 0.0600. The fourth-order valence-corrected chi connectivity index (χ4v) is 2.36. The molecule has 0 atom stereocenters. The second-order valence-electron chi connectivity index (χ2n) is 5.52. The molecular formula is C19H22N2O4. The summed E-state index contributed by atoms with van der Waals surface area (Å²) in [4.78, 5) is 23.4. The molecule has 0 saturated carbocycles. The Morgan fingerprint density at radius 3 is 2.40 bits per heavy atom. The van der Waals surface area contributed by atoms with E-state index in [0.717, 1.165) is 16.9 Å². The number of hydrogen-bond acceptors (Lipinski definition) is 4. The normalized spacial score (nSPS) is 10.0. The van der Waals surface area contributed by atoms with Crippen LogP contribution in [0.25, 0.3) is 0 Å². The number of esters is 1. The van der Waals surface area contributed by atoms with Crippen LogP contribution in [0.15, 0.2) is 42.5 Å². The van der Waals surface area contributed by atoms with E-state index >= 15 is 0 Å². The van der Waals surface area contributed by atoms with E-state index in [1.807, 2.05) is 32.0 Å². The number of carbonyl (C=O) groups excluding carboxylic acids is 2. The van der Waals surface area contributed by atoms with Gasteiger partial charge >= 0.3 is 12.0 Å². The number of ether oxygens (including phenoxy) is 2. The van der Waals surface area contributed by atoms with Gasteiger partial charge in [-0.25, -0.2) is 9.59 Å². The van der Waals surface area contributed by atoms with Crippen molar-refractivity contribution in [3.8, 4) is 5.75 Å². The lowest BCUT2D eigenvalue weighted by Gasteiger charge is -2.13. The van der Waals surface area contributed by atoms with Gasteiger partial charge in [-0.3, -0.25) is 0 Å². The first-order chi connectivity index (χ1) is 12.0. The molecule has 2 aromatic carbocycles. The van der Waals surface area contributed by atoms with E-state index in [1.165, 1.54) is 7.11 Å². The van der Waals surface area contributed by atoms with Gasteiger partial charge < -0.3 is 20.1 Å². The number of rotatable bonds is 6. The third kappa shape index (κ3) is 5.24. The van der Waals surface area contributed by atoms with Crippen molar-refractivity contribution >= 4 is 17.7 Å². The number of nitrogens with one attached hydrogen (secondary N) is 2. The summed E-state index contributed by atoms with van der Waals surface area (Å²) < 4.78 is 10.4. The summed E-state index contributed by atoms with van der Waals surface area (Å²) in [5.41, 5.74) is 3.00. The van der Waals surface area contributed by atoms with Crippen LogP contribution in [0, 0.1) is 13.8 Å². The third-order valence-electron chi connectivity index (χ3n) is 3.58. The molecule has 0 radical (unpaired) electrons. The topological polar surface area (TPSA) is 76.7 Å². The number of aryl methyl sites for hydroxylation is 2. The van der Waals surface area contributed by atoms with Crippen molar-refractivity contribution < 1.29 is 19.1 Å². The highest BCUT2D eigenvalue weighted by molar-refractivity contribution is 5.93. The maximum Gasteiger partial charge on any atom is 0.337 e. The van der Waals surface area contributed by atoms with Crippen LogP contribution in [-0.4, -0.2) is 32.3 Å². The average Bonchev–Trinajstić information content (AvgIpc) is 2.60. The molecule has 2 amide bonds. The lowest BCUT2D eigenvalue weighted by Crippen LogP contribution is -2.32. The van der Waals surface area contributed by atoms with Crippen LogP contribution in [0.2, 0.25) is 0 Å². The number of amides is 2. The summed E-state index contributed by atoms with van der Waals surface area (Å²) in [5.74, 6) is 0.390. The summed E-state index contributed by atoms with van der Waals surface area (Å²) in [6.45, 7) is 4.69. The van der Waals surface area contributed by atoms with Crippen LogP contribution >= 0.6 is 0 Å². The Morgan fingerprint density at radius 1 is 1.04 bits per heavy atom. The first-order valence-corrected chi connectivity index (χ1v) is 7.93. The number of benzene rings is 2. The van der Waals surface area contributed by atoms with Crippen molar-refractivity contribution in [1.29, 1.82) is 0 Å². The summed E-state index contributed by atoms with van der Waals surface area (Å²) in [7, 11) is 1.31. The first-order valence-electron chi connectivity index (χ1n) is 7.93. The summed E-state index contributed by atoms with van der Waals surface area (Å²) in [6.07, 6.45) is 0. The van der Waals surface area contributed by atoms with Gasteiger partial charge in [-0.05, 0) is 43.2 Å².